The molecule has 2 N–H and O–H groups in total. The minimum absolute atomic E-state index is 0.443. The third-order valence-electron chi connectivity index (χ3n) is 3.50. The third-order valence-corrected chi connectivity index (χ3v) is 4.22. The van der Waals surface area contributed by atoms with Crippen LogP contribution in [0.25, 0.3) is 11.4 Å². The lowest BCUT2D eigenvalue weighted by molar-refractivity contribution is 0.666. The van der Waals surface area contributed by atoms with Crippen molar-refractivity contribution in [1.82, 2.24) is 9.97 Å². The normalized spacial score (nSPS) is 12.1. The maximum atomic E-state index is 5.97. The Labute approximate surface area is 130 Å². The molecule has 0 aliphatic heterocycles. The van der Waals surface area contributed by atoms with Crippen LogP contribution in [0.3, 0.4) is 0 Å². The molecule has 21 heavy (non-hydrogen) atoms. The van der Waals surface area contributed by atoms with Crippen LogP contribution in [0.4, 0.5) is 11.6 Å². The zero-order chi connectivity index (χ0) is 15.2. The number of nitrogens with two attached hydrogens (primary N) is 1. The van der Waals surface area contributed by atoms with E-state index in [9.17, 15) is 0 Å². The molecule has 0 spiro atoms. The van der Waals surface area contributed by atoms with Gasteiger partial charge in [-0.05, 0) is 12.7 Å². The van der Waals surface area contributed by atoms with Crippen LogP contribution >= 0.6 is 11.8 Å². The summed E-state index contributed by atoms with van der Waals surface area (Å²) in [6, 6.07) is 12.2. The molecule has 2 rings (SSSR count). The van der Waals surface area contributed by atoms with Gasteiger partial charge in [0.15, 0.2) is 5.82 Å². The highest BCUT2D eigenvalue weighted by Crippen LogP contribution is 2.23. The van der Waals surface area contributed by atoms with Crippen LogP contribution in [0.5, 0.6) is 0 Å². The van der Waals surface area contributed by atoms with Crippen molar-refractivity contribution in [1.29, 1.82) is 0 Å². The van der Waals surface area contributed by atoms with E-state index in [0.717, 1.165) is 23.6 Å². The number of thioether (sulfide) groups is 1. The van der Waals surface area contributed by atoms with Gasteiger partial charge in [0.05, 0.1) is 0 Å². The fourth-order valence-electron chi connectivity index (χ4n) is 2.23. The van der Waals surface area contributed by atoms with Gasteiger partial charge in [0.2, 0.25) is 0 Å². The summed E-state index contributed by atoms with van der Waals surface area (Å²) < 4.78 is 0. The lowest BCUT2D eigenvalue weighted by atomic mass is 10.2. The number of anilines is 2. The molecule has 0 amide bonds. The van der Waals surface area contributed by atoms with Gasteiger partial charge in [-0.25, -0.2) is 9.97 Å². The summed E-state index contributed by atoms with van der Waals surface area (Å²) in [4.78, 5) is 11.2. The standard InChI is InChI=1S/C16H22N4S/c1-4-13(11-21-3)20(2)15-10-14(17)18-16(19-15)12-8-6-5-7-9-12/h5-10,13H,4,11H2,1-3H3,(H2,17,18,19). The first-order chi connectivity index (χ1) is 10.2. The first-order valence-electron chi connectivity index (χ1n) is 7.07. The highest BCUT2D eigenvalue weighted by Gasteiger charge is 2.16. The van der Waals surface area contributed by atoms with Crippen LogP contribution < -0.4 is 10.6 Å². The van der Waals surface area contributed by atoms with E-state index in [4.69, 9.17) is 5.73 Å². The Hall–Kier alpha value is -1.75. The number of nitrogen functional groups attached to an aromatic ring is 1. The van der Waals surface area contributed by atoms with Gasteiger partial charge in [0.25, 0.3) is 0 Å². The van der Waals surface area contributed by atoms with Crippen LogP contribution in [-0.2, 0) is 0 Å². The molecule has 0 aliphatic carbocycles. The Morgan fingerprint density at radius 3 is 2.57 bits per heavy atom. The number of nitrogens with zero attached hydrogens (tertiary/aromatic N) is 3. The lowest BCUT2D eigenvalue weighted by Gasteiger charge is -2.28. The van der Waals surface area contributed by atoms with Gasteiger partial charge in [0.1, 0.15) is 11.6 Å². The van der Waals surface area contributed by atoms with E-state index in [-0.39, 0.29) is 0 Å². The van der Waals surface area contributed by atoms with Crippen molar-refractivity contribution < 1.29 is 0 Å². The van der Waals surface area contributed by atoms with Gasteiger partial charge in [-0.3, -0.25) is 0 Å². The summed E-state index contributed by atoms with van der Waals surface area (Å²) in [5, 5.41) is 0. The molecule has 112 valence electrons. The minimum Gasteiger partial charge on any atom is -0.384 e. The second-order valence-corrected chi connectivity index (χ2v) is 5.88. The summed E-state index contributed by atoms with van der Waals surface area (Å²) >= 11 is 1.85. The SMILES string of the molecule is CCC(CSC)N(C)c1cc(N)nc(-c2ccccc2)n1. The number of hydrogen-bond donors (Lipinski definition) is 1. The minimum atomic E-state index is 0.443. The van der Waals surface area contributed by atoms with Crippen LogP contribution in [0.1, 0.15) is 13.3 Å². The van der Waals surface area contributed by atoms with E-state index in [2.05, 4.69) is 35.1 Å². The Morgan fingerprint density at radius 2 is 1.95 bits per heavy atom. The molecule has 0 radical (unpaired) electrons. The van der Waals surface area contributed by atoms with E-state index in [1.165, 1.54) is 0 Å². The van der Waals surface area contributed by atoms with Crippen LogP contribution in [0.15, 0.2) is 36.4 Å². The van der Waals surface area contributed by atoms with E-state index >= 15 is 0 Å². The molecule has 2 aromatic rings. The smallest absolute Gasteiger partial charge is 0.163 e. The van der Waals surface area contributed by atoms with Gasteiger partial charge in [0, 0.05) is 30.5 Å². The number of aromatic nitrogens is 2. The van der Waals surface area contributed by atoms with Gasteiger partial charge in [-0.1, -0.05) is 37.3 Å². The summed E-state index contributed by atoms with van der Waals surface area (Å²) in [6.45, 7) is 2.19. The molecule has 0 aliphatic rings. The van der Waals surface area contributed by atoms with Crippen LogP contribution in [0, 0.1) is 0 Å². The second-order valence-electron chi connectivity index (χ2n) is 4.97. The van der Waals surface area contributed by atoms with E-state index < -0.39 is 0 Å². The monoisotopic (exact) mass is 302 g/mol. The Kier molecular flexibility index (Phi) is 5.44. The quantitative estimate of drug-likeness (QED) is 0.887. The Balaban J connectivity index is 2.35. The maximum absolute atomic E-state index is 5.97. The van der Waals surface area contributed by atoms with Gasteiger partial charge in [-0.2, -0.15) is 11.8 Å². The Morgan fingerprint density at radius 1 is 1.24 bits per heavy atom. The van der Waals surface area contributed by atoms with Crippen molar-refractivity contribution in [2.45, 2.75) is 19.4 Å². The molecular formula is C16H22N4S. The molecule has 1 heterocycles. The zero-order valence-electron chi connectivity index (χ0n) is 12.8. The molecule has 5 heteroatoms. The predicted molar refractivity (Wildman–Crippen MR) is 92.7 cm³/mol. The first-order valence-corrected chi connectivity index (χ1v) is 8.46. The molecular weight excluding hydrogens is 280 g/mol. The van der Waals surface area contributed by atoms with Crippen molar-refractivity contribution in [3.63, 3.8) is 0 Å². The summed E-state index contributed by atoms with van der Waals surface area (Å²) in [5.41, 5.74) is 6.95. The van der Waals surface area contributed by atoms with Crippen LogP contribution in [0.2, 0.25) is 0 Å². The molecule has 1 atom stereocenters. The highest BCUT2D eigenvalue weighted by atomic mass is 32.2. The van der Waals surface area contributed by atoms with Crippen molar-refractivity contribution in [3.05, 3.63) is 36.4 Å². The third kappa shape index (κ3) is 3.88. The second kappa shape index (κ2) is 7.31. The number of benzene rings is 1. The highest BCUT2D eigenvalue weighted by molar-refractivity contribution is 7.98. The van der Waals surface area contributed by atoms with Gasteiger partial charge in [-0.15, -0.1) is 0 Å². The summed E-state index contributed by atoms with van der Waals surface area (Å²) in [7, 11) is 2.07. The van der Waals surface area contributed by atoms with Crippen LogP contribution in [-0.4, -0.2) is 35.1 Å². The van der Waals surface area contributed by atoms with E-state index in [0.29, 0.717) is 17.7 Å². The van der Waals surface area contributed by atoms with E-state index in [1.807, 2.05) is 48.2 Å². The van der Waals surface area contributed by atoms with Gasteiger partial charge >= 0.3 is 0 Å². The summed E-state index contributed by atoms with van der Waals surface area (Å²) in [5.74, 6) is 3.13. The summed E-state index contributed by atoms with van der Waals surface area (Å²) in [6.07, 6.45) is 3.20. The molecule has 0 fully saturated rings. The zero-order valence-corrected chi connectivity index (χ0v) is 13.6. The van der Waals surface area contributed by atoms with Crippen molar-refractivity contribution in [3.8, 4) is 11.4 Å². The van der Waals surface area contributed by atoms with Gasteiger partial charge < -0.3 is 10.6 Å². The number of rotatable bonds is 6. The topological polar surface area (TPSA) is 55.0 Å². The predicted octanol–water partition coefficient (Wildman–Crippen LogP) is 3.30. The van der Waals surface area contributed by atoms with Crippen molar-refractivity contribution >= 4 is 23.4 Å². The van der Waals surface area contributed by atoms with Crippen molar-refractivity contribution in [2.75, 3.05) is 29.7 Å². The molecule has 1 unspecified atom stereocenters. The molecule has 1 aromatic heterocycles. The molecule has 1 aromatic carbocycles. The first kappa shape index (κ1) is 15.6. The molecule has 0 saturated carbocycles. The fourth-order valence-corrected chi connectivity index (χ4v) is 3.08. The maximum Gasteiger partial charge on any atom is 0.163 e. The average molecular weight is 302 g/mol. The molecule has 0 saturated heterocycles. The Bertz CT molecular complexity index is 574. The van der Waals surface area contributed by atoms with E-state index in [1.54, 1.807) is 0 Å². The van der Waals surface area contributed by atoms with Crippen molar-refractivity contribution in [2.24, 2.45) is 0 Å². The average Bonchev–Trinajstić information content (AvgIpc) is 2.52. The fraction of sp³-hybridized carbons (Fsp3) is 0.375. The molecule has 0 bridgehead atoms. The largest absolute Gasteiger partial charge is 0.384 e. The lowest BCUT2D eigenvalue weighted by Crippen LogP contribution is -2.34. The number of hydrogen-bond acceptors (Lipinski definition) is 5. The molecule has 4 nitrogen and oxygen atoms in total.